The van der Waals surface area contributed by atoms with E-state index in [0.717, 1.165) is 6.20 Å². The van der Waals surface area contributed by atoms with Crippen molar-refractivity contribution in [2.45, 2.75) is 13.0 Å². The highest BCUT2D eigenvalue weighted by Gasteiger charge is 2.26. The van der Waals surface area contributed by atoms with E-state index in [1.165, 1.54) is 0 Å². The molecule has 0 amide bonds. The second-order valence-corrected chi connectivity index (χ2v) is 2.90. The first-order valence-corrected chi connectivity index (χ1v) is 4.07. The maximum atomic E-state index is 12.5. The molecule has 0 saturated carbocycles. The molecular formula is C7H5ClF2N2O3. The molecule has 0 aliphatic heterocycles. The highest BCUT2D eigenvalue weighted by Crippen LogP contribution is 2.33. The van der Waals surface area contributed by atoms with Crippen molar-refractivity contribution in [2.24, 2.45) is 0 Å². The third kappa shape index (κ3) is 2.18. The van der Waals surface area contributed by atoms with Gasteiger partial charge in [0.05, 0.1) is 22.7 Å². The highest BCUT2D eigenvalue weighted by molar-refractivity contribution is 6.30. The zero-order valence-electron chi connectivity index (χ0n) is 7.15. The number of halogens is 3. The Hall–Kier alpha value is -1.34. The predicted molar refractivity (Wildman–Crippen MR) is 46.8 cm³/mol. The molecule has 1 rings (SSSR count). The van der Waals surface area contributed by atoms with Crippen molar-refractivity contribution in [3.05, 3.63) is 32.6 Å². The standard InChI is InChI=1S/C7H5ClF2N2O3/c8-6-5(7(9)10)3(2-13)4(1-11-6)12(14)15/h1,7,13H,2H2. The zero-order valence-corrected chi connectivity index (χ0v) is 7.91. The lowest BCUT2D eigenvalue weighted by molar-refractivity contribution is -0.386. The molecule has 1 aromatic rings. The van der Waals surface area contributed by atoms with Crippen molar-refractivity contribution in [1.29, 1.82) is 0 Å². The molecule has 5 nitrogen and oxygen atoms in total. The Kier molecular flexibility index (Phi) is 3.48. The molecule has 0 aromatic carbocycles. The number of aliphatic hydroxyl groups is 1. The van der Waals surface area contributed by atoms with E-state index in [9.17, 15) is 18.9 Å². The zero-order chi connectivity index (χ0) is 11.6. The van der Waals surface area contributed by atoms with E-state index in [-0.39, 0.29) is 0 Å². The molecule has 15 heavy (non-hydrogen) atoms. The first kappa shape index (κ1) is 11.7. The Morgan fingerprint density at radius 1 is 1.67 bits per heavy atom. The van der Waals surface area contributed by atoms with Crippen molar-refractivity contribution in [3.8, 4) is 0 Å². The topological polar surface area (TPSA) is 76.3 Å². The van der Waals surface area contributed by atoms with E-state index >= 15 is 0 Å². The Labute approximate surface area is 87.5 Å². The number of aliphatic hydroxyl groups excluding tert-OH is 1. The quantitative estimate of drug-likeness (QED) is 0.497. The van der Waals surface area contributed by atoms with E-state index in [1.54, 1.807) is 0 Å². The summed E-state index contributed by atoms with van der Waals surface area (Å²) in [6.07, 6.45) is -2.29. The van der Waals surface area contributed by atoms with Crippen molar-refractivity contribution in [3.63, 3.8) is 0 Å². The molecular weight excluding hydrogens is 234 g/mol. The van der Waals surface area contributed by atoms with Crippen LogP contribution in [-0.2, 0) is 6.61 Å². The molecule has 0 unspecified atom stereocenters. The van der Waals surface area contributed by atoms with Gasteiger partial charge in [-0.1, -0.05) is 11.6 Å². The lowest BCUT2D eigenvalue weighted by Crippen LogP contribution is -2.03. The Bertz CT molecular complexity index is 400. The molecule has 0 aliphatic rings. The van der Waals surface area contributed by atoms with Gasteiger partial charge in [-0.25, -0.2) is 13.8 Å². The number of rotatable bonds is 3. The van der Waals surface area contributed by atoms with Gasteiger partial charge >= 0.3 is 0 Å². The third-order valence-electron chi connectivity index (χ3n) is 1.73. The number of pyridine rings is 1. The van der Waals surface area contributed by atoms with Crippen molar-refractivity contribution >= 4 is 17.3 Å². The molecule has 8 heteroatoms. The lowest BCUT2D eigenvalue weighted by atomic mass is 10.1. The molecule has 0 saturated heterocycles. The van der Waals surface area contributed by atoms with Crippen LogP contribution in [0.4, 0.5) is 14.5 Å². The molecule has 1 N–H and O–H groups in total. The maximum Gasteiger partial charge on any atom is 0.293 e. The fraction of sp³-hybridized carbons (Fsp3) is 0.286. The van der Waals surface area contributed by atoms with Gasteiger partial charge in [-0.05, 0) is 0 Å². The van der Waals surface area contributed by atoms with Crippen LogP contribution in [0, 0.1) is 10.1 Å². The van der Waals surface area contributed by atoms with Crippen LogP contribution in [0.5, 0.6) is 0 Å². The minimum atomic E-state index is -3.02. The van der Waals surface area contributed by atoms with Gasteiger partial charge < -0.3 is 5.11 Å². The summed E-state index contributed by atoms with van der Waals surface area (Å²) in [4.78, 5) is 12.8. The summed E-state index contributed by atoms with van der Waals surface area (Å²) in [6.45, 7) is -0.891. The minimum absolute atomic E-state index is 0.505. The van der Waals surface area contributed by atoms with Crippen LogP contribution < -0.4 is 0 Å². The van der Waals surface area contributed by atoms with Gasteiger partial charge in [-0.15, -0.1) is 0 Å². The van der Waals surface area contributed by atoms with Crippen molar-refractivity contribution in [1.82, 2.24) is 4.98 Å². The molecule has 1 heterocycles. The second kappa shape index (κ2) is 4.45. The SMILES string of the molecule is O=[N+]([O-])c1cnc(Cl)c(C(F)F)c1CO. The van der Waals surface area contributed by atoms with Gasteiger partial charge in [0.25, 0.3) is 12.1 Å². The molecule has 0 atom stereocenters. The van der Waals surface area contributed by atoms with Crippen LogP contribution >= 0.6 is 11.6 Å². The highest BCUT2D eigenvalue weighted by atomic mass is 35.5. The Morgan fingerprint density at radius 2 is 2.27 bits per heavy atom. The predicted octanol–water partition coefficient (Wildman–Crippen LogP) is 2.07. The van der Waals surface area contributed by atoms with E-state index in [2.05, 4.69) is 4.98 Å². The third-order valence-corrected chi connectivity index (χ3v) is 2.03. The fourth-order valence-corrected chi connectivity index (χ4v) is 1.32. The lowest BCUT2D eigenvalue weighted by Gasteiger charge is -2.07. The van der Waals surface area contributed by atoms with Crippen LogP contribution in [0.15, 0.2) is 6.20 Å². The summed E-state index contributed by atoms with van der Waals surface area (Å²) in [5.74, 6) is 0. The van der Waals surface area contributed by atoms with E-state index in [0.29, 0.717) is 0 Å². The van der Waals surface area contributed by atoms with Crippen LogP contribution in [0.2, 0.25) is 5.15 Å². The number of nitrogens with zero attached hydrogens (tertiary/aromatic N) is 2. The molecule has 1 aromatic heterocycles. The summed E-state index contributed by atoms with van der Waals surface area (Å²) in [6, 6.07) is 0. The molecule has 0 spiro atoms. The summed E-state index contributed by atoms with van der Waals surface area (Å²) in [5.41, 5.74) is -1.97. The summed E-state index contributed by atoms with van der Waals surface area (Å²) in [5, 5.41) is 18.7. The van der Waals surface area contributed by atoms with Gasteiger partial charge in [0, 0.05) is 0 Å². The second-order valence-electron chi connectivity index (χ2n) is 2.54. The van der Waals surface area contributed by atoms with Gasteiger partial charge in [0.1, 0.15) is 11.3 Å². The van der Waals surface area contributed by atoms with Crippen molar-refractivity contribution < 1.29 is 18.8 Å². The summed E-state index contributed by atoms with van der Waals surface area (Å²) in [7, 11) is 0. The Morgan fingerprint density at radius 3 is 2.67 bits per heavy atom. The normalized spacial score (nSPS) is 10.7. The molecule has 82 valence electrons. The number of aromatic nitrogens is 1. The van der Waals surface area contributed by atoms with Crippen molar-refractivity contribution in [2.75, 3.05) is 0 Å². The van der Waals surface area contributed by atoms with Gasteiger partial charge in [-0.2, -0.15) is 0 Å². The average molecular weight is 239 g/mol. The number of alkyl halides is 2. The monoisotopic (exact) mass is 238 g/mol. The van der Waals surface area contributed by atoms with E-state index < -0.39 is 39.9 Å². The van der Waals surface area contributed by atoms with Crippen LogP contribution in [0.1, 0.15) is 17.6 Å². The average Bonchev–Trinajstić information content (AvgIpc) is 2.15. The number of hydrogen-bond acceptors (Lipinski definition) is 4. The smallest absolute Gasteiger partial charge is 0.293 e. The van der Waals surface area contributed by atoms with Gasteiger partial charge in [0.15, 0.2) is 0 Å². The van der Waals surface area contributed by atoms with Gasteiger partial charge in [0.2, 0.25) is 0 Å². The number of nitro groups is 1. The van der Waals surface area contributed by atoms with E-state index in [4.69, 9.17) is 16.7 Å². The summed E-state index contributed by atoms with van der Waals surface area (Å²) >= 11 is 5.35. The number of hydrogen-bond donors (Lipinski definition) is 1. The minimum Gasteiger partial charge on any atom is -0.391 e. The largest absolute Gasteiger partial charge is 0.391 e. The van der Waals surface area contributed by atoms with Crippen LogP contribution in [0.3, 0.4) is 0 Å². The van der Waals surface area contributed by atoms with Crippen LogP contribution in [-0.4, -0.2) is 15.0 Å². The maximum absolute atomic E-state index is 12.5. The molecule has 0 fully saturated rings. The fourth-order valence-electron chi connectivity index (χ4n) is 1.07. The molecule has 0 aliphatic carbocycles. The molecule has 0 bridgehead atoms. The van der Waals surface area contributed by atoms with Crippen LogP contribution in [0.25, 0.3) is 0 Å². The molecule has 0 radical (unpaired) electrons. The first-order chi connectivity index (χ1) is 6.99. The Balaban J connectivity index is 3.47. The van der Waals surface area contributed by atoms with E-state index in [1.807, 2.05) is 0 Å². The van der Waals surface area contributed by atoms with Gasteiger partial charge in [-0.3, -0.25) is 10.1 Å². The first-order valence-electron chi connectivity index (χ1n) is 3.69. The summed E-state index contributed by atoms with van der Waals surface area (Å²) < 4.78 is 24.9.